The number of benzene rings is 2. The number of carbonyl (C=O) groups excluding carboxylic acids is 1. The van der Waals surface area contributed by atoms with Crippen LogP contribution in [0.2, 0.25) is 0 Å². The molecule has 2 aromatic carbocycles. The predicted octanol–water partition coefficient (Wildman–Crippen LogP) is 5.22. The number of nitrogens with one attached hydrogen (secondary N) is 1. The molecule has 4 rings (SSSR count). The van der Waals surface area contributed by atoms with Crippen LogP contribution in [0.5, 0.6) is 5.75 Å². The Morgan fingerprint density at radius 2 is 1.97 bits per heavy atom. The predicted molar refractivity (Wildman–Crippen MR) is 118 cm³/mol. The Labute approximate surface area is 175 Å². The summed E-state index contributed by atoms with van der Waals surface area (Å²) in [4.78, 5) is 21.4. The molecular formula is C24H24N4O2. The first kappa shape index (κ1) is 19.6. The van der Waals surface area contributed by atoms with Crippen molar-refractivity contribution in [3.05, 3.63) is 78.8 Å². The first-order valence-electron chi connectivity index (χ1n) is 10.2. The van der Waals surface area contributed by atoms with Crippen molar-refractivity contribution >= 4 is 17.4 Å². The van der Waals surface area contributed by atoms with Crippen LogP contribution in [0, 0.1) is 0 Å². The number of carbonyl (C=O) groups is 1. The van der Waals surface area contributed by atoms with Gasteiger partial charge in [0, 0.05) is 35.4 Å². The van der Waals surface area contributed by atoms with Gasteiger partial charge >= 0.3 is 0 Å². The molecule has 2 heterocycles. The van der Waals surface area contributed by atoms with Gasteiger partial charge in [0.15, 0.2) is 0 Å². The largest absolute Gasteiger partial charge is 0.494 e. The number of fused-ring (bicyclic) bond motifs is 1. The summed E-state index contributed by atoms with van der Waals surface area (Å²) in [5.41, 5.74) is 3.00. The van der Waals surface area contributed by atoms with E-state index in [1.165, 1.54) is 0 Å². The summed E-state index contributed by atoms with van der Waals surface area (Å²) in [5.74, 6) is 1.26. The smallest absolute Gasteiger partial charge is 0.255 e. The van der Waals surface area contributed by atoms with Crippen molar-refractivity contribution in [3.8, 4) is 17.0 Å². The van der Waals surface area contributed by atoms with Gasteiger partial charge in [-0.25, -0.2) is 9.97 Å². The number of imidazole rings is 1. The molecule has 6 heteroatoms. The SMILES string of the molecule is CCCCCOc1ccc(C(=O)Nc2cccc(-c3cn4cccnc4n3)c2)cc1. The zero-order chi connectivity index (χ0) is 20.8. The van der Waals surface area contributed by atoms with E-state index in [0.29, 0.717) is 23.6 Å². The standard InChI is InChI=1S/C24H24N4O2/c1-2-3-4-15-30-21-11-9-18(10-12-21)23(29)26-20-8-5-7-19(16-20)22-17-28-14-6-13-25-24(28)27-22/h5-14,16-17H,2-4,15H2,1H3,(H,26,29). The molecule has 0 aliphatic carbocycles. The Morgan fingerprint density at radius 3 is 2.77 bits per heavy atom. The highest BCUT2D eigenvalue weighted by Gasteiger charge is 2.09. The maximum atomic E-state index is 12.6. The summed E-state index contributed by atoms with van der Waals surface area (Å²) in [5, 5.41) is 2.95. The Kier molecular flexibility index (Phi) is 6.03. The molecule has 0 radical (unpaired) electrons. The molecule has 0 aliphatic heterocycles. The Hall–Kier alpha value is -3.67. The van der Waals surface area contributed by atoms with Crippen LogP contribution in [-0.2, 0) is 0 Å². The third-order valence-corrected chi connectivity index (χ3v) is 4.78. The highest BCUT2D eigenvalue weighted by Crippen LogP contribution is 2.23. The lowest BCUT2D eigenvalue weighted by Gasteiger charge is -2.08. The molecule has 0 fully saturated rings. The molecule has 0 bridgehead atoms. The summed E-state index contributed by atoms with van der Waals surface area (Å²) in [6.45, 7) is 2.86. The van der Waals surface area contributed by atoms with Gasteiger partial charge in [-0.2, -0.15) is 0 Å². The molecule has 2 aromatic heterocycles. The van der Waals surface area contributed by atoms with Gasteiger partial charge in [0.2, 0.25) is 5.78 Å². The zero-order valence-corrected chi connectivity index (χ0v) is 16.9. The van der Waals surface area contributed by atoms with Crippen molar-refractivity contribution < 1.29 is 9.53 Å². The Morgan fingerprint density at radius 1 is 1.10 bits per heavy atom. The van der Waals surface area contributed by atoms with E-state index in [1.54, 1.807) is 18.3 Å². The molecule has 4 aromatic rings. The quantitative estimate of drug-likeness (QED) is 0.412. The molecule has 0 aliphatic rings. The lowest BCUT2D eigenvalue weighted by atomic mass is 10.1. The van der Waals surface area contributed by atoms with E-state index in [-0.39, 0.29) is 5.91 Å². The average Bonchev–Trinajstić information content (AvgIpc) is 3.22. The lowest BCUT2D eigenvalue weighted by molar-refractivity contribution is 0.102. The molecule has 1 N–H and O–H groups in total. The number of aromatic nitrogens is 3. The second-order valence-electron chi connectivity index (χ2n) is 7.07. The third-order valence-electron chi connectivity index (χ3n) is 4.78. The van der Waals surface area contributed by atoms with Gasteiger partial charge in [-0.15, -0.1) is 0 Å². The van der Waals surface area contributed by atoms with Crippen molar-refractivity contribution in [2.75, 3.05) is 11.9 Å². The van der Waals surface area contributed by atoms with E-state index in [2.05, 4.69) is 22.2 Å². The zero-order valence-electron chi connectivity index (χ0n) is 16.9. The summed E-state index contributed by atoms with van der Waals surface area (Å²) >= 11 is 0. The van der Waals surface area contributed by atoms with E-state index >= 15 is 0 Å². The van der Waals surface area contributed by atoms with Crippen LogP contribution in [-0.4, -0.2) is 26.9 Å². The van der Waals surface area contributed by atoms with Crippen LogP contribution in [0.25, 0.3) is 17.0 Å². The van der Waals surface area contributed by atoms with Crippen molar-refractivity contribution in [3.63, 3.8) is 0 Å². The van der Waals surface area contributed by atoms with Gasteiger partial charge < -0.3 is 10.1 Å². The highest BCUT2D eigenvalue weighted by atomic mass is 16.5. The third kappa shape index (κ3) is 4.66. The molecular weight excluding hydrogens is 376 g/mol. The van der Waals surface area contributed by atoms with Crippen LogP contribution >= 0.6 is 0 Å². The van der Waals surface area contributed by atoms with Crippen LogP contribution < -0.4 is 10.1 Å². The summed E-state index contributed by atoms with van der Waals surface area (Å²) < 4.78 is 7.57. The molecule has 0 saturated heterocycles. The van der Waals surface area contributed by atoms with Crippen molar-refractivity contribution in [1.82, 2.24) is 14.4 Å². The monoisotopic (exact) mass is 400 g/mol. The fourth-order valence-electron chi connectivity index (χ4n) is 3.17. The van der Waals surface area contributed by atoms with E-state index in [9.17, 15) is 4.79 Å². The fourth-order valence-corrected chi connectivity index (χ4v) is 3.17. The number of hydrogen-bond acceptors (Lipinski definition) is 4. The molecule has 0 spiro atoms. The number of rotatable bonds is 8. The van der Waals surface area contributed by atoms with Gasteiger partial charge in [0.1, 0.15) is 5.75 Å². The maximum Gasteiger partial charge on any atom is 0.255 e. The van der Waals surface area contributed by atoms with E-state index in [0.717, 1.165) is 36.3 Å². The molecule has 0 unspecified atom stereocenters. The average molecular weight is 400 g/mol. The van der Waals surface area contributed by atoms with Crippen molar-refractivity contribution in [2.45, 2.75) is 26.2 Å². The summed E-state index contributed by atoms with van der Waals surface area (Å²) in [6.07, 6.45) is 8.90. The first-order valence-corrected chi connectivity index (χ1v) is 10.2. The molecule has 0 atom stereocenters. The molecule has 30 heavy (non-hydrogen) atoms. The summed E-state index contributed by atoms with van der Waals surface area (Å²) in [6, 6.07) is 16.7. The number of nitrogens with zero attached hydrogens (tertiary/aromatic N) is 3. The molecule has 0 saturated carbocycles. The van der Waals surface area contributed by atoms with Crippen LogP contribution in [0.3, 0.4) is 0 Å². The van der Waals surface area contributed by atoms with Gasteiger partial charge in [-0.05, 0) is 48.9 Å². The second kappa shape index (κ2) is 9.22. The van der Waals surface area contributed by atoms with E-state index < -0.39 is 0 Å². The normalized spacial score (nSPS) is 10.8. The maximum absolute atomic E-state index is 12.6. The topological polar surface area (TPSA) is 68.5 Å². The fraction of sp³-hybridized carbons (Fsp3) is 0.208. The van der Waals surface area contributed by atoms with E-state index in [4.69, 9.17) is 4.74 Å². The lowest BCUT2D eigenvalue weighted by Crippen LogP contribution is -2.11. The van der Waals surface area contributed by atoms with E-state index in [1.807, 2.05) is 59.3 Å². The Bertz CT molecular complexity index is 1100. The summed E-state index contributed by atoms with van der Waals surface area (Å²) in [7, 11) is 0. The first-order chi connectivity index (χ1) is 14.7. The van der Waals surface area contributed by atoms with Gasteiger partial charge in [0.25, 0.3) is 5.91 Å². The van der Waals surface area contributed by atoms with Gasteiger partial charge in [0.05, 0.1) is 12.3 Å². The second-order valence-corrected chi connectivity index (χ2v) is 7.07. The minimum Gasteiger partial charge on any atom is -0.494 e. The molecule has 1 amide bonds. The minimum absolute atomic E-state index is 0.165. The van der Waals surface area contributed by atoms with Gasteiger partial charge in [-0.1, -0.05) is 31.9 Å². The van der Waals surface area contributed by atoms with Crippen LogP contribution in [0.4, 0.5) is 5.69 Å². The molecule has 6 nitrogen and oxygen atoms in total. The van der Waals surface area contributed by atoms with Crippen LogP contribution in [0.15, 0.2) is 73.2 Å². The highest BCUT2D eigenvalue weighted by molar-refractivity contribution is 6.04. The minimum atomic E-state index is -0.165. The number of hydrogen-bond donors (Lipinski definition) is 1. The number of ether oxygens (including phenoxy) is 1. The van der Waals surface area contributed by atoms with Gasteiger partial charge in [-0.3, -0.25) is 9.20 Å². The van der Waals surface area contributed by atoms with Crippen LogP contribution in [0.1, 0.15) is 36.5 Å². The number of amides is 1. The number of unbranched alkanes of at least 4 members (excludes halogenated alkanes) is 2. The van der Waals surface area contributed by atoms with Crippen molar-refractivity contribution in [1.29, 1.82) is 0 Å². The Balaban J connectivity index is 1.42. The number of anilines is 1. The van der Waals surface area contributed by atoms with Crippen molar-refractivity contribution in [2.24, 2.45) is 0 Å². The molecule has 152 valence electrons.